The number of benzene rings is 1. The summed E-state index contributed by atoms with van der Waals surface area (Å²) >= 11 is 1.52. The van der Waals surface area contributed by atoms with Crippen molar-refractivity contribution in [1.29, 1.82) is 0 Å². The third-order valence-electron chi connectivity index (χ3n) is 2.95. The van der Waals surface area contributed by atoms with Crippen molar-refractivity contribution >= 4 is 17.7 Å². The van der Waals surface area contributed by atoms with Crippen LogP contribution in [0.25, 0.3) is 0 Å². The van der Waals surface area contributed by atoms with E-state index in [9.17, 15) is 9.90 Å². The van der Waals surface area contributed by atoms with Gasteiger partial charge in [-0.2, -0.15) is 0 Å². The summed E-state index contributed by atoms with van der Waals surface area (Å²) in [7, 11) is 0. The lowest BCUT2D eigenvalue weighted by Gasteiger charge is -2.15. The van der Waals surface area contributed by atoms with E-state index in [0.717, 1.165) is 36.4 Å². The average Bonchev–Trinajstić information content (AvgIpc) is 2.90. The molecule has 3 nitrogen and oxygen atoms in total. The van der Waals surface area contributed by atoms with Gasteiger partial charge in [-0.25, -0.2) is 0 Å². The summed E-state index contributed by atoms with van der Waals surface area (Å²) in [5.74, 6) is 0.678. The highest BCUT2D eigenvalue weighted by atomic mass is 32.2. The molecule has 0 atom stereocenters. The number of rotatable bonds is 4. The molecule has 1 heterocycles. The third kappa shape index (κ3) is 3.23. The molecule has 4 heteroatoms. The normalized spacial score (nSPS) is 15.2. The molecule has 1 aliphatic heterocycles. The molecule has 0 aliphatic carbocycles. The van der Waals surface area contributed by atoms with Crippen LogP contribution < -0.4 is 0 Å². The highest BCUT2D eigenvalue weighted by Crippen LogP contribution is 2.23. The minimum absolute atomic E-state index is 0.0288. The van der Waals surface area contributed by atoms with Crippen molar-refractivity contribution in [3.63, 3.8) is 0 Å². The summed E-state index contributed by atoms with van der Waals surface area (Å²) in [6.07, 6.45) is 2.26. The standard InChI is InChI=1S/C13H17NO2S/c15-9-11-5-1-2-6-12(11)17-10-13(16)14-7-3-4-8-14/h1-2,5-6,15H,3-4,7-10H2. The van der Waals surface area contributed by atoms with Gasteiger partial charge in [0.1, 0.15) is 0 Å². The zero-order chi connectivity index (χ0) is 12.1. The Labute approximate surface area is 106 Å². The predicted molar refractivity (Wildman–Crippen MR) is 68.9 cm³/mol. The highest BCUT2D eigenvalue weighted by Gasteiger charge is 2.17. The highest BCUT2D eigenvalue weighted by molar-refractivity contribution is 8.00. The first-order chi connectivity index (χ1) is 8.31. The Bertz CT molecular complexity index is 389. The Morgan fingerprint density at radius 1 is 1.29 bits per heavy atom. The minimum atomic E-state index is 0.0288. The van der Waals surface area contributed by atoms with E-state index in [4.69, 9.17) is 0 Å². The first-order valence-corrected chi connectivity index (χ1v) is 6.89. The summed E-state index contributed by atoms with van der Waals surface area (Å²) < 4.78 is 0. The van der Waals surface area contributed by atoms with Crippen LogP contribution in [0.1, 0.15) is 18.4 Å². The summed E-state index contributed by atoms with van der Waals surface area (Å²) in [6.45, 7) is 1.84. The zero-order valence-corrected chi connectivity index (χ0v) is 10.6. The van der Waals surface area contributed by atoms with Crippen LogP contribution in [0.15, 0.2) is 29.2 Å². The molecule has 1 aromatic carbocycles. The molecule has 0 saturated carbocycles. The van der Waals surface area contributed by atoms with Crippen LogP contribution in [0, 0.1) is 0 Å². The Morgan fingerprint density at radius 2 is 2.00 bits per heavy atom. The van der Waals surface area contributed by atoms with E-state index >= 15 is 0 Å². The monoisotopic (exact) mass is 251 g/mol. The van der Waals surface area contributed by atoms with Gasteiger partial charge in [0.25, 0.3) is 0 Å². The number of hydrogen-bond acceptors (Lipinski definition) is 3. The van der Waals surface area contributed by atoms with Crippen LogP contribution in [0.3, 0.4) is 0 Å². The van der Waals surface area contributed by atoms with Gasteiger partial charge in [-0.15, -0.1) is 11.8 Å². The lowest BCUT2D eigenvalue weighted by atomic mass is 10.2. The van der Waals surface area contributed by atoms with Crippen LogP contribution in [0.5, 0.6) is 0 Å². The van der Waals surface area contributed by atoms with Gasteiger partial charge < -0.3 is 10.0 Å². The van der Waals surface area contributed by atoms with Crippen LogP contribution in [0.2, 0.25) is 0 Å². The van der Waals surface area contributed by atoms with E-state index in [1.807, 2.05) is 29.2 Å². The maximum absolute atomic E-state index is 11.9. The van der Waals surface area contributed by atoms with Gasteiger partial charge in [0, 0.05) is 18.0 Å². The number of thioether (sulfide) groups is 1. The van der Waals surface area contributed by atoms with Crippen molar-refractivity contribution in [2.45, 2.75) is 24.3 Å². The molecule has 0 unspecified atom stereocenters. The molecule has 0 bridgehead atoms. The van der Waals surface area contributed by atoms with Crippen molar-refractivity contribution in [3.05, 3.63) is 29.8 Å². The molecular weight excluding hydrogens is 234 g/mol. The Morgan fingerprint density at radius 3 is 2.71 bits per heavy atom. The summed E-state index contributed by atoms with van der Waals surface area (Å²) in [5, 5.41) is 9.19. The average molecular weight is 251 g/mol. The van der Waals surface area contributed by atoms with Gasteiger partial charge >= 0.3 is 0 Å². The quantitative estimate of drug-likeness (QED) is 0.831. The predicted octanol–water partition coefficient (Wildman–Crippen LogP) is 1.89. The molecule has 0 aromatic heterocycles. The van der Waals surface area contributed by atoms with Crippen molar-refractivity contribution in [3.8, 4) is 0 Å². The van der Waals surface area contributed by atoms with Gasteiger partial charge in [-0.1, -0.05) is 18.2 Å². The molecule has 1 amide bonds. The Balaban J connectivity index is 1.90. The maximum Gasteiger partial charge on any atom is 0.232 e. The van der Waals surface area contributed by atoms with Crippen molar-refractivity contribution in [2.24, 2.45) is 0 Å². The molecule has 92 valence electrons. The molecule has 1 aliphatic rings. The Hall–Kier alpha value is -1.00. The number of nitrogens with zero attached hydrogens (tertiary/aromatic N) is 1. The fraction of sp³-hybridized carbons (Fsp3) is 0.462. The van der Waals surface area contributed by atoms with Crippen LogP contribution in [0.4, 0.5) is 0 Å². The second-order valence-corrected chi connectivity index (χ2v) is 5.16. The van der Waals surface area contributed by atoms with E-state index in [1.54, 1.807) is 0 Å². The van der Waals surface area contributed by atoms with E-state index < -0.39 is 0 Å². The van der Waals surface area contributed by atoms with Crippen molar-refractivity contribution in [1.82, 2.24) is 4.90 Å². The number of likely N-dealkylation sites (tertiary alicyclic amines) is 1. The summed E-state index contributed by atoms with van der Waals surface area (Å²) in [6, 6.07) is 7.68. The fourth-order valence-corrected chi connectivity index (χ4v) is 2.93. The summed E-state index contributed by atoms with van der Waals surface area (Å²) in [4.78, 5) is 14.8. The smallest absolute Gasteiger partial charge is 0.232 e. The zero-order valence-electron chi connectivity index (χ0n) is 9.76. The van der Waals surface area contributed by atoms with Gasteiger partial charge in [0.2, 0.25) is 5.91 Å². The van der Waals surface area contributed by atoms with Crippen molar-refractivity contribution in [2.75, 3.05) is 18.8 Å². The second-order valence-electron chi connectivity index (χ2n) is 4.14. The largest absolute Gasteiger partial charge is 0.392 e. The third-order valence-corrected chi connectivity index (χ3v) is 4.05. The minimum Gasteiger partial charge on any atom is -0.392 e. The number of hydrogen-bond donors (Lipinski definition) is 1. The van der Waals surface area contributed by atoms with Crippen LogP contribution in [-0.4, -0.2) is 34.8 Å². The molecule has 1 N–H and O–H groups in total. The number of aliphatic hydroxyl groups excluding tert-OH is 1. The molecule has 17 heavy (non-hydrogen) atoms. The Kier molecular flexibility index (Phi) is 4.45. The van der Waals surface area contributed by atoms with Crippen LogP contribution >= 0.6 is 11.8 Å². The molecule has 2 rings (SSSR count). The van der Waals surface area contributed by atoms with Gasteiger partial charge in [-0.05, 0) is 24.5 Å². The van der Waals surface area contributed by atoms with Crippen molar-refractivity contribution < 1.29 is 9.90 Å². The summed E-state index contributed by atoms with van der Waals surface area (Å²) in [5.41, 5.74) is 0.895. The number of amides is 1. The molecule has 1 saturated heterocycles. The maximum atomic E-state index is 11.9. The van der Waals surface area contributed by atoms with E-state index in [1.165, 1.54) is 11.8 Å². The number of carbonyl (C=O) groups excluding carboxylic acids is 1. The van der Waals surface area contributed by atoms with E-state index in [-0.39, 0.29) is 12.5 Å². The van der Waals surface area contributed by atoms with Gasteiger partial charge in [-0.3, -0.25) is 4.79 Å². The number of carbonyl (C=O) groups is 1. The molecular formula is C13H17NO2S. The number of aliphatic hydroxyl groups is 1. The van der Waals surface area contributed by atoms with Crippen LogP contribution in [-0.2, 0) is 11.4 Å². The van der Waals surface area contributed by atoms with E-state index in [0.29, 0.717) is 5.75 Å². The molecule has 1 aromatic rings. The first kappa shape index (κ1) is 12.5. The fourth-order valence-electron chi connectivity index (χ4n) is 1.97. The SMILES string of the molecule is O=C(CSc1ccccc1CO)N1CCCC1. The topological polar surface area (TPSA) is 40.5 Å². The first-order valence-electron chi connectivity index (χ1n) is 5.90. The van der Waals surface area contributed by atoms with Gasteiger partial charge in [0.05, 0.1) is 12.4 Å². The lowest BCUT2D eigenvalue weighted by Crippen LogP contribution is -2.29. The second kappa shape index (κ2) is 6.07. The molecule has 0 spiro atoms. The van der Waals surface area contributed by atoms with Gasteiger partial charge in [0.15, 0.2) is 0 Å². The van der Waals surface area contributed by atoms with E-state index in [2.05, 4.69) is 0 Å². The lowest BCUT2D eigenvalue weighted by molar-refractivity contribution is -0.127. The molecule has 0 radical (unpaired) electrons. The molecule has 1 fully saturated rings.